The lowest BCUT2D eigenvalue weighted by Crippen LogP contribution is -2.37. The van der Waals surface area contributed by atoms with Crippen molar-refractivity contribution in [1.29, 1.82) is 0 Å². The molecule has 0 fully saturated rings. The molecule has 0 aromatic heterocycles. The van der Waals surface area contributed by atoms with Crippen LogP contribution < -0.4 is 0 Å². The van der Waals surface area contributed by atoms with E-state index in [0.717, 1.165) is 10.7 Å². The van der Waals surface area contributed by atoms with Crippen molar-refractivity contribution in [1.82, 2.24) is 0 Å². The van der Waals surface area contributed by atoms with Crippen LogP contribution in [0.15, 0.2) is 59.6 Å². The molecule has 1 aliphatic carbocycles. The number of hydrogen-bond acceptors (Lipinski definition) is 4. The van der Waals surface area contributed by atoms with E-state index in [1.54, 1.807) is 12.2 Å². The van der Waals surface area contributed by atoms with E-state index in [0.29, 0.717) is 6.61 Å². The highest BCUT2D eigenvalue weighted by Gasteiger charge is 2.33. The summed E-state index contributed by atoms with van der Waals surface area (Å²) in [6.45, 7) is 2.47. The molecule has 1 aromatic rings. The number of aliphatic imine (C=N–C) groups is 1. The Morgan fingerprint density at radius 1 is 1.25 bits per heavy atom. The van der Waals surface area contributed by atoms with Crippen LogP contribution >= 0.6 is 11.8 Å². The van der Waals surface area contributed by atoms with E-state index in [2.05, 4.69) is 4.99 Å². The topological polar surface area (TPSA) is 38.7 Å². The van der Waals surface area contributed by atoms with Crippen molar-refractivity contribution in [3.63, 3.8) is 0 Å². The normalized spacial score (nSPS) is 17.5. The molecule has 0 heterocycles. The fourth-order valence-corrected chi connectivity index (χ4v) is 2.69. The summed E-state index contributed by atoms with van der Waals surface area (Å²) in [6.07, 6.45) is 8.58. The first-order chi connectivity index (χ1) is 9.70. The van der Waals surface area contributed by atoms with Gasteiger partial charge in [-0.25, -0.2) is 4.99 Å². The molecule has 0 amide bonds. The first-order valence-electron chi connectivity index (χ1n) is 6.45. The Labute approximate surface area is 123 Å². The average Bonchev–Trinajstić information content (AvgIpc) is 2.49. The summed E-state index contributed by atoms with van der Waals surface area (Å²) in [6, 6.07) is 9.73. The lowest BCUT2D eigenvalue weighted by molar-refractivity contribution is -0.110. The summed E-state index contributed by atoms with van der Waals surface area (Å²) >= 11 is 1.52. The van der Waals surface area contributed by atoms with Gasteiger partial charge in [0.05, 0.1) is 5.69 Å². The first kappa shape index (κ1) is 14.8. The molecule has 0 saturated heterocycles. The fraction of sp³-hybridized carbons (Fsp3) is 0.250. The monoisotopic (exact) mass is 287 g/mol. The summed E-state index contributed by atoms with van der Waals surface area (Å²) in [5, 5.41) is 0.811. The van der Waals surface area contributed by atoms with E-state index in [1.165, 1.54) is 23.9 Å². The van der Waals surface area contributed by atoms with Crippen LogP contribution in [0, 0.1) is 0 Å². The molecule has 0 aliphatic heterocycles. The van der Waals surface area contributed by atoms with Crippen molar-refractivity contribution in [2.75, 3.05) is 12.9 Å². The number of benzene rings is 1. The number of rotatable bonds is 4. The number of hydrogen-bond donors (Lipinski definition) is 0. The predicted molar refractivity (Wildman–Crippen MR) is 84.7 cm³/mol. The maximum absolute atomic E-state index is 11.3. The second-order valence-corrected chi connectivity index (χ2v) is 5.05. The molecule has 1 aliphatic rings. The van der Waals surface area contributed by atoms with Crippen LogP contribution in [0.2, 0.25) is 0 Å². The Morgan fingerprint density at radius 3 is 2.45 bits per heavy atom. The summed E-state index contributed by atoms with van der Waals surface area (Å²) in [7, 11) is 0. The van der Waals surface area contributed by atoms with Gasteiger partial charge in [-0.2, -0.15) is 0 Å². The zero-order valence-corrected chi connectivity index (χ0v) is 12.4. The van der Waals surface area contributed by atoms with Gasteiger partial charge in [-0.3, -0.25) is 4.79 Å². The first-order valence-corrected chi connectivity index (χ1v) is 7.67. The Morgan fingerprint density at radius 2 is 1.90 bits per heavy atom. The Bertz CT molecular complexity index is 545. The molecule has 0 saturated carbocycles. The van der Waals surface area contributed by atoms with Crippen molar-refractivity contribution in [3.05, 3.63) is 54.6 Å². The molecule has 0 spiro atoms. The highest BCUT2D eigenvalue weighted by molar-refractivity contribution is 8.13. The van der Waals surface area contributed by atoms with Crippen molar-refractivity contribution in [2.24, 2.45) is 4.99 Å². The van der Waals surface area contributed by atoms with Gasteiger partial charge in [0.25, 0.3) is 0 Å². The highest BCUT2D eigenvalue weighted by atomic mass is 32.2. The average molecular weight is 287 g/mol. The SMILES string of the molecule is CCOC1(C(=Nc2ccccc2)SC)C=CC(=O)C=C1. The smallest absolute Gasteiger partial charge is 0.178 e. The predicted octanol–water partition coefficient (Wildman–Crippen LogP) is 3.55. The Hall–Kier alpha value is -1.65. The second kappa shape index (κ2) is 6.68. The quantitative estimate of drug-likeness (QED) is 0.628. The van der Waals surface area contributed by atoms with Crippen LogP contribution in [0.3, 0.4) is 0 Å². The van der Waals surface area contributed by atoms with Gasteiger partial charge in [-0.1, -0.05) is 18.2 Å². The number of nitrogens with zero attached hydrogens (tertiary/aromatic N) is 1. The van der Waals surface area contributed by atoms with E-state index >= 15 is 0 Å². The van der Waals surface area contributed by atoms with Crippen molar-refractivity contribution < 1.29 is 9.53 Å². The molecule has 4 heteroatoms. The van der Waals surface area contributed by atoms with Gasteiger partial charge in [0.2, 0.25) is 0 Å². The number of para-hydroxylation sites is 1. The van der Waals surface area contributed by atoms with Crippen LogP contribution in [0.4, 0.5) is 5.69 Å². The number of thioether (sulfide) groups is 1. The molecule has 0 bridgehead atoms. The number of carbonyl (C=O) groups excluding carboxylic acids is 1. The van der Waals surface area contributed by atoms with Gasteiger partial charge in [-0.15, -0.1) is 11.8 Å². The number of allylic oxidation sites excluding steroid dienone is 2. The van der Waals surface area contributed by atoms with Crippen LogP contribution in [-0.4, -0.2) is 29.3 Å². The maximum atomic E-state index is 11.3. The minimum absolute atomic E-state index is 0.0273. The third-order valence-corrected chi connectivity index (χ3v) is 3.69. The van der Waals surface area contributed by atoms with E-state index in [9.17, 15) is 4.79 Å². The van der Waals surface area contributed by atoms with Crippen molar-refractivity contribution in [3.8, 4) is 0 Å². The number of ketones is 1. The molecule has 104 valence electrons. The molecule has 20 heavy (non-hydrogen) atoms. The number of carbonyl (C=O) groups is 1. The molecular weight excluding hydrogens is 270 g/mol. The van der Waals surface area contributed by atoms with E-state index < -0.39 is 5.60 Å². The van der Waals surface area contributed by atoms with Gasteiger partial charge in [0.1, 0.15) is 5.04 Å². The van der Waals surface area contributed by atoms with Gasteiger partial charge in [0.15, 0.2) is 11.4 Å². The lowest BCUT2D eigenvalue weighted by atomic mass is 9.98. The largest absolute Gasteiger partial charge is 0.360 e. The van der Waals surface area contributed by atoms with Crippen molar-refractivity contribution in [2.45, 2.75) is 12.5 Å². The molecule has 0 N–H and O–H groups in total. The molecule has 3 nitrogen and oxygen atoms in total. The Balaban J connectivity index is 2.41. The molecule has 0 atom stereocenters. The van der Waals surface area contributed by atoms with Crippen LogP contribution in [-0.2, 0) is 9.53 Å². The molecule has 0 radical (unpaired) electrons. The molecular formula is C16H17NO2S. The minimum Gasteiger partial charge on any atom is -0.360 e. The van der Waals surface area contributed by atoms with E-state index in [-0.39, 0.29) is 5.78 Å². The summed E-state index contributed by atoms with van der Waals surface area (Å²) in [5.74, 6) is -0.0273. The van der Waals surface area contributed by atoms with Gasteiger partial charge < -0.3 is 4.74 Å². The summed E-state index contributed by atoms with van der Waals surface area (Å²) < 4.78 is 5.87. The van der Waals surface area contributed by atoms with Crippen LogP contribution in [0.5, 0.6) is 0 Å². The van der Waals surface area contributed by atoms with Gasteiger partial charge in [0, 0.05) is 6.61 Å². The zero-order valence-electron chi connectivity index (χ0n) is 11.6. The third-order valence-electron chi connectivity index (χ3n) is 2.89. The minimum atomic E-state index is -0.738. The molecule has 2 rings (SSSR count). The van der Waals surface area contributed by atoms with Crippen LogP contribution in [0.1, 0.15) is 6.92 Å². The van der Waals surface area contributed by atoms with Crippen LogP contribution in [0.25, 0.3) is 0 Å². The zero-order chi connectivity index (χ0) is 14.4. The lowest BCUT2D eigenvalue weighted by Gasteiger charge is -2.29. The van der Waals surface area contributed by atoms with Gasteiger partial charge >= 0.3 is 0 Å². The van der Waals surface area contributed by atoms with Gasteiger partial charge in [-0.05, 0) is 49.6 Å². The number of ether oxygens (including phenoxy) is 1. The van der Waals surface area contributed by atoms with Crippen molar-refractivity contribution >= 4 is 28.3 Å². The Kier molecular flexibility index (Phi) is 4.93. The second-order valence-electron chi connectivity index (χ2n) is 4.25. The summed E-state index contributed by atoms with van der Waals surface area (Å²) in [4.78, 5) is 16.0. The fourth-order valence-electron chi connectivity index (χ4n) is 1.97. The third kappa shape index (κ3) is 3.26. The maximum Gasteiger partial charge on any atom is 0.178 e. The molecule has 0 unspecified atom stereocenters. The molecule has 1 aromatic carbocycles. The standard InChI is InChI=1S/C16H17NO2S/c1-3-19-16(11-9-14(18)10-12-16)15(20-2)17-13-7-5-4-6-8-13/h4-12H,3H2,1-2H3. The highest BCUT2D eigenvalue weighted by Crippen LogP contribution is 2.29. The summed E-state index contributed by atoms with van der Waals surface area (Å²) in [5.41, 5.74) is 0.132. The van der Waals surface area contributed by atoms with E-state index in [1.807, 2.05) is 43.5 Å². The van der Waals surface area contributed by atoms with E-state index in [4.69, 9.17) is 4.74 Å².